The second kappa shape index (κ2) is 6.88. The van der Waals surface area contributed by atoms with Crippen LogP contribution in [0.2, 0.25) is 0 Å². The maximum atomic E-state index is 13.4. The van der Waals surface area contributed by atoms with E-state index in [0.717, 1.165) is 36.1 Å². The third kappa shape index (κ3) is 3.27. The van der Waals surface area contributed by atoms with Gasteiger partial charge in [-0.3, -0.25) is 5.10 Å². The van der Waals surface area contributed by atoms with E-state index in [-0.39, 0.29) is 12.0 Å². The Morgan fingerprint density at radius 2 is 1.76 bits per heavy atom. The van der Waals surface area contributed by atoms with E-state index in [1.165, 1.54) is 9.87 Å². The van der Waals surface area contributed by atoms with Crippen molar-refractivity contribution in [3.8, 4) is 0 Å². The van der Waals surface area contributed by atoms with Crippen LogP contribution in [0.4, 0.5) is 5.82 Å². The summed E-state index contributed by atoms with van der Waals surface area (Å²) in [5, 5.41) is 7.58. The van der Waals surface area contributed by atoms with Gasteiger partial charge in [-0.1, -0.05) is 60.2 Å². The highest BCUT2D eigenvalue weighted by Gasteiger charge is 2.41. The smallest absolute Gasteiger partial charge is 0.265 e. The number of aromatic amines is 1. The summed E-state index contributed by atoms with van der Waals surface area (Å²) in [7, 11) is -3.66. The highest BCUT2D eigenvalue weighted by atomic mass is 32.2. The quantitative estimate of drug-likeness (QED) is 0.683. The number of aromatic nitrogens is 2. The van der Waals surface area contributed by atoms with Gasteiger partial charge in [0.05, 0.1) is 4.90 Å². The summed E-state index contributed by atoms with van der Waals surface area (Å²) in [6.07, 6.45) is 6.69. The molecule has 1 saturated carbocycles. The number of benzene rings is 2. The van der Waals surface area contributed by atoms with Crippen LogP contribution in [0.1, 0.15) is 41.1 Å². The number of H-pyrrole nitrogens is 1. The van der Waals surface area contributed by atoms with Crippen LogP contribution in [0.3, 0.4) is 0 Å². The lowest BCUT2D eigenvalue weighted by atomic mass is 9.88. The Morgan fingerprint density at radius 1 is 1.03 bits per heavy atom. The molecule has 148 valence electrons. The van der Waals surface area contributed by atoms with E-state index in [1.807, 2.05) is 43.3 Å². The first kappa shape index (κ1) is 18.2. The van der Waals surface area contributed by atoms with Crippen molar-refractivity contribution in [2.45, 2.75) is 43.0 Å². The molecule has 1 fully saturated rings. The van der Waals surface area contributed by atoms with E-state index >= 15 is 0 Å². The fraction of sp³-hybridized carbons (Fsp3) is 0.261. The van der Waals surface area contributed by atoms with Crippen molar-refractivity contribution in [1.82, 2.24) is 10.2 Å². The standard InChI is InChI=1S/C23H23N3O2S/c1-16-7-12-20(13-8-16)29(27,28)26(19-10-11-19)23-21-14-9-18(15-22(21)24-25-23)17-5-3-2-4-6-17/h2-9,12-14,18-19H,10-11,15H2,1H3,(H,24,25). The molecular weight excluding hydrogens is 382 g/mol. The van der Waals surface area contributed by atoms with Crippen molar-refractivity contribution in [3.05, 3.63) is 83.1 Å². The van der Waals surface area contributed by atoms with Crippen molar-refractivity contribution >= 4 is 21.9 Å². The van der Waals surface area contributed by atoms with Gasteiger partial charge in [-0.25, -0.2) is 12.7 Å². The Hall–Kier alpha value is -2.86. The van der Waals surface area contributed by atoms with Crippen LogP contribution >= 0.6 is 0 Å². The minimum atomic E-state index is -3.66. The van der Waals surface area contributed by atoms with E-state index in [0.29, 0.717) is 10.7 Å². The first-order valence-corrected chi connectivity index (χ1v) is 11.4. The van der Waals surface area contributed by atoms with E-state index in [9.17, 15) is 8.42 Å². The van der Waals surface area contributed by atoms with Crippen molar-refractivity contribution in [1.29, 1.82) is 0 Å². The van der Waals surface area contributed by atoms with Crippen LogP contribution in [0, 0.1) is 6.92 Å². The molecule has 2 aromatic carbocycles. The molecule has 0 bridgehead atoms. The van der Waals surface area contributed by atoms with Gasteiger partial charge in [0.25, 0.3) is 10.0 Å². The number of hydrogen-bond donors (Lipinski definition) is 1. The van der Waals surface area contributed by atoms with E-state index in [2.05, 4.69) is 28.4 Å². The Kier molecular flexibility index (Phi) is 4.32. The summed E-state index contributed by atoms with van der Waals surface area (Å²) in [5.74, 6) is 0.783. The number of fused-ring (bicyclic) bond motifs is 1. The van der Waals surface area contributed by atoms with E-state index < -0.39 is 10.0 Å². The summed E-state index contributed by atoms with van der Waals surface area (Å²) in [4.78, 5) is 0.314. The lowest BCUT2D eigenvalue weighted by Crippen LogP contribution is -2.34. The first-order valence-electron chi connectivity index (χ1n) is 9.95. The molecule has 5 nitrogen and oxygen atoms in total. The third-order valence-corrected chi connectivity index (χ3v) is 7.53. The molecule has 0 aliphatic heterocycles. The first-order chi connectivity index (χ1) is 14.0. The lowest BCUT2D eigenvalue weighted by molar-refractivity contribution is 0.589. The normalized spacial score (nSPS) is 18.4. The Bertz CT molecular complexity index is 1160. The summed E-state index contributed by atoms with van der Waals surface area (Å²) in [6.45, 7) is 1.95. The van der Waals surface area contributed by atoms with Crippen LogP contribution < -0.4 is 4.31 Å². The molecule has 2 aliphatic rings. The van der Waals surface area contributed by atoms with Crippen molar-refractivity contribution in [2.24, 2.45) is 0 Å². The molecule has 2 aliphatic carbocycles. The van der Waals surface area contributed by atoms with Crippen LogP contribution in [0.15, 0.2) is 65.6 Å². The minimum absolute atomic E-state index is 0.0195. The molecule has 3 aromatic rings. The second-order valence-corrected chi connectivity index (χ2v) is 9.68. The fourth-order valence-corrected chi connectivity index (χ4v) is 5.60. The van der Waals surface area contributed by atoms with Crippen LogP contribution in [-0.2, 0) is 16.4 Å². The van der Waals surface area contributed by atoms with Gasteiger partial charge in [0, 0.05) is 29.6 Å². The molecule has 29 heavy (non-hydrogen) atoms. The molecule has 0 amide bonds. The third-order valence-electron chi connectivity index (χ3n) is 5.67. The zero-order chi connectivity index (χ0) is 20.0. The van der Waals surface area contributed by atoms with Gasteiger partial charge >= 0.3 is 0 Å². The molecule has 0 radical (unpaired) electrons. The van der Waals surface area contributed by atoms with Crippen LogP contribution in [0.5, 0.6) is 0 Å². The Morgan fingerprint density at radius 3 is 2.45 bits per heavy atom. The van der Waals surface area contributed by atoms with Gasteiger partial charge in [-0.15, -0.1) is 0 Å². The zero-order valence-corrected chi connectivity index (χ0v) is 17.1. The second-order valence-electron chi connectivity index (χ2n) is 7.86. The summed E-state index contributed by atoms with van der Waals surface area (Å²) in [5.41, 5.74) is 4.16. The van der Waals surface area contributed by atoms with Crippen molar-refractivity contribution in [2.75, 3.05) is 4.31 Å². The van der Waals surface area contributed by atoms with Gasteiger partial charge in [0.1, 0.15) is 0 Å². The summed E-state index contributed by atoms with van der Waals surface area (Å²) in [6, 6.07) is 17.4. The topological polar surface area (TPSA) is 66.1 Å². The SMILES string of the molecule is Cc1ccc(S(=O)(=O)N(c2n[nH]c3c2C=CC(c2ccccc2)C3)C2CC2)cc1. The predicted molar refractivity (Wildman–Crippen MR) is 114 cm³/mol. The fourth-order valence-electron chi connectivity index (χ4n) is 3.92. The average Bonchev–Trinajstić information content (AvgIpc) is 3.48. The number of rotatable bonds is 5. The number of nitrogens with zero attached hydrogens (tertiary/aromatic N) is 2. The molecule has 6 heteroatoms. The Labute approximate surface area is 171 Å². The summed E-state index contributed by atoms with van der Waals surface area (Å²) >= 11 is 0. The molecule has 0 saturated heterocycles. The maximum absolute atomic E-state index is 13.4. The van der Waals surface area contributed by atoms with Gasteiger partial charge in [-0.2, -0.15) is 5.10 Å². The highest BCUT2D eigenvalue weighted by Crippen LogP contribution is 2.40. The van der Waals surface area contributed by atoms with Gasteiger partial charge in [0.15, 0.2) is 5.82 Å². The molecule has 1 heterocycles. The number of hydrogen-bond acceptors (Lipinski definition) is 3. The Balaban J connectivity index is 1.52. The molecule has 1 atom stereocenters. The lowest BCUT2D eigenvalue weighted by Gasteiger charge is -2.24. The van der Waals surface area contributed by atoms with Crippen LogP contribution in [0.25, 0.3) is 6.08 Å². The van der Waals surface area contributed by atoms with Crippen molar-refractivity contribution < 1.29 is 8.42 Å². The molecule has 0 spiro atoms. The highest BCUT2D eigenvalue weighted by molar-refractivity contribution is 7.92. The molecular formula is C23H23N3O2S. The largest absolute Gasteiger partial charge is 0.280 e. The number of anilines is 1. The molecule has 1 unspecified atom stereocenters. The van der Waals surface area contributed by atoms with Crippen molar-refractivity contribution in [3.63, 3.8) is 0 Å². The predicted octanol–water partition coefficient (Wildman–Crippen LogP) is 4.43. The van der Waals surface area contributed by atoms with Gasteiger partial charge < -0.3 is 0 Å². The van der Waals surface area contributed by atoms with E-state index in [1.54, 1.807) is 12.1 Å². The van der Waals surface area contributed by atoms with Gasteiger partial charge in [0.2, 0.25) is 0 Å². The van der Waals surface area contributed by atoms with Gasteiger partial charge in [-0.05, 0) is 37.5 Å². The minimum Gasteiger partial charge on any atom is -0.280 e. The monoisotopic (exact) mass is 405 g/mol. The molecule has 1 aromatic heterocycles. The number of allylic oxidation sites excluding steroid dienone is 1. The maximum Gasteiger partial charge on any atom is 0.265 e. The number of nitrogens with one attached hydrogen (secondary N) is 1. The zero-order valence-electron chi connectivity index (χ0n) is 16.2. The summed E-state index contributed by atoms with van der Waals surface area (Å²) < 4.78 is 28.4. The molecule has 5 rings (SSSR count). The average molecular weight is 406 g/mol. The molecule has 1 N–H and O–H groups in total. The van der Waals surface area contributed by atoms with Crippen LogP contribution in [-0.4, -0.2) is 24.7 Å². The van der Waals surface area contributed by atoms with E-state index in [4.69, 9.17) is 0 Å². The number of sulfonamides is 1. The number of aryl methyl sites for hydroxylation is 1.